The molecular formula is C60H88O12. The first-order valence-corrected chi connectivity index (χ1v) is 27.9. The van der Waals surface area contributed by atoms with Crippen LogP contribution >= 0.6 is 0 Å². The Balaban J connectivity index is 0.000000129. The number of ether oxygens (including phenoxy) is 6. The molecule has 0 spiro atoms. The molecule has 8 aliphatic carbocycles. The van der Waals surface area contributed by atoms with E-state index in [1.807, 2.05) is 68.4 Å². The molecule has 2 aromatic carbocycles. The van der Waals surface area contributed by atoms with Gasteiger partial charge in [-0.15, -0.1) is 0 Å². The van der Waals surface area contributed by atoms with E-state index in [9.17, 15) is 29.4 Å². The number of esters is 4. The van der Waals surface area contributed by atoms with E-state index in [1.54, 1.807) is 12.1 Å². The Bertz CT molecular complexity index is 2240. The maximum absolute atomic E-state index is 12.4. The predicted molar refractivity (Wildman–Crippen MR) is 274 cm³/mol. The highest BCUT2D eigenvalue weighted by molar-refractivity contribution is 5.84. The van der Waals surface area contributed by atoms with Gasteiger partial charge >= 0.3 is 23.9 Å². The Morgan fingerprint density at radius 1 is 0.694 bits per heavy atom. The van der Waals surface area contributed by atoms with Gasteiger partial charge in [0.05, 0.1) is 40.0 Å². The Kier molecular flexibility index (Phi) is 16.0. The molecule has 3 aliphatic heterocycles. The van der Waals surface area contributed by atoms with Gasteiger partial charge in [0.25, 0.3) is 0 Å². The van der Waals surface area contributed by atoms with Crippen LogP contribution in [0.5, 0.6) is 5.75 Å². The molecule has 0 aromatic heterocycles. The van der Waals surface area contributed by atoms with Crippen LogP contribution < -0.4 is 0 Å². The monoisotopic (exact) mass is 1000 g/mol. The lowest BCUT2D eigenvalue weighted by Gasteiger charge is -2.59. The summed E-state index contributed by atoms with van der Waals surface area (Å²) in [6, 6.07) is 11.9. The van der Waals surface area contributed by atoms with Gasteiger partial charge in [0.2, 0.25) is 0 Å². The summed E-state index contributed by atoms with van der Waals surface area (Å²) in [6.45, 7) is 22.0. The van der Waals surface area contributed by atoms with Crippen molar-refractivity contribution in [3.05, 3.63) is 42.0 Å². The SMILES string of the molecule is CCC(C)(C)C(=O)OC12CC3CC(CC(O)(C3)C1)C2.CCC(C)(C)C(=O)OC1C2CC3C(=O)OC1C3O2.CCC(C)(C)C(=O)OCOC1C2CC3CC(C2)CC1C3.CCC(C)c1ccc2cc(O)ccc2c1. The van der Waals surface area contributed by atoms with E-state index < -0.39 is 34.1 Å². The number of phenols is 1. The molecule has 0 amide bonds. The van der Waals surface area contributed by atoms with Gasteiger partial charge in [0.1, 0.15) is 17.5 Å². The summed E-state index contributed by atoms with van der Waals surface area (Å²) in [7, 11) is 0. The van der Waals surface area contributed by atoms with E-state index in [0.717, 1.165) is 74.0 Å². The molecule has 12 heteroatoms. The van der Waals surface area contributed by atoms with Gasteiger partial charge in [0, 0.05) is 6.42 Å². The van der Waals surface area contributed by atoms with Crippen LogP contribution in [0.3, 0.4) is 0 Å². The van der Waals surface area contributed by atoms with Crippen molar-refractivity contribution in [1.29, 1.82) is 0 Å². The second-order valence-corrected chi connectivity index (χ2v) is 25.9. The van der Waals surface area contributed by atoms with Crippen LogP contribution in [-0.2, 0) is 47.6 Å². The molecule has 0 radical (unpaired) electrons. The highest BCUT2D eigenvalue weighted by atomic mass is 16.7. The first-order chi connectivity index (χ1) is 33.9. The van der Waals surface area contributed by atoms with Crippen molar-refractivity contribution in [2.24, 2.45) is 57.7 Å². The minimum Gasteiger partial charge on any atom is -0.508 e. The molecule has 12 nitrogen and oxygen atoms in total. The predicted octanol–water partition coefficient (Wildman–Crippen LogP) is 11.9. The van der Waals surface area contributed by atoms with Crippen molar-refractivity contribution in [2.45, 2.75) is 227 Å². The minimum atomic E-state index is -0.555. The second-order valence-electron chi connectivity index (χ2n) is 25.9. The zero-order valence-corrected chi connectivity index (χ0v) is 45.5. The number of rotatable bonds is 13. The Morgan fingerprint density at radius 2 is 1.25 bits per heavy atom. The van der Waals surface area contributed by atoms with Gasteiger partial charge in [0.15, 0.2) is 19.0 Å². The van der Waals surface area contributed by atoms with E-state index >= 15 is 0 Å². The van der Waals surface area contributed by atoms with Crippen molar-refractivity contribution in [1.82, 2.24) is 0 Å². The highest BCUT2D eigenvalue weighted by Crippen LogP contribution is 2.59. The van der Waals surface area contributed by atoms with E-state index in [1.165, 1.54) is 49.5 Å². The molecule has 3 saturated heterocycles. The average Bonchev–Trinajstić information content (AvgIpc) is 3.97. The molecule has 8 saturated carbocycles. The molecule has 400 valence electrons. The molecular weight excluding hydrogens is 913 g/mol. The standard InChI is InChI=1S/C17H28O3.C16H26O3.C14H16O.C13H18O5/c1-4-17(2,3)16(18)20-10-19-15-13-6-11-5-12(8-13)9-14(15)7-11;1-4-14(2,3)13(17)19-16-8-11-5-12(9-16)7-15(18,6-11)10-16;1-3-10(2)11-4-5-13-9-14(15)7-6-12(13)8-11;1-4-13(2,3)12(15)18-9-7-5-6-8(16-7)10(9)17-11(6)14/h11-15H,4-10H2,1-3H3;11-12,18H,4-10H2,1-3H3;4-10,15H,3H2,1-2H3;6-10H,4-5H2,1-3H3. The average molecular weight is 1000 g/mol. The van der Waals surface area contributed by atoms with Gasteiger partial charge in [-0.1, -0.05) is 58.9 Å². The molecule has 13 rings (SSSR count). The number of phenolic OH excluding ortho intramolecular Hbond substituents is 1. The molecule has 8 unspecified atom stereocenters. The van der Waals surface area contributed by atoms with Crippen molar-refractivity contribution in [2.75, 3.05) is 6.79 Å². The van der Waals surface area contributed by atoms with Crippen molar-refractivity contribution < 1.29 is 57.8 Å². The first-order valence-electron chi connectivity index (χ1n) is 27.9. The number of hydrogen-bond acceptors (Lipinski definition) is 12. The number of aliphatic hydroxyl groups is 1. The fourth-order valence-electron chi connectivity index (χ4n) is 14.0. The van der Waals surface area contributed by atoms with Gasteiger partial charge in [-0.3, -0.25) is 19.2 Å². The lowest BCUT2D eigenvalue weighted by molar-refractivity contribution is -0.225. The number of benzene rings is 2. The Hall–Kier alpha value is -3.74. The summed E-state index contributed by atoms with van der Waals surface area (Å²) in [6.07, 6.45) is 15.7. The Morgan fingerprint density at radius 3 is 1.83 bits per heavy atom. The molecule has 2 aromatic rings. The van der Waals surface area contributed by atoms with Crippen LogP contribution in [0.25, 0.3) is 10.8 Å². The zero-order chi connectivity index (χ0) is 52.1. The van der Waals surface area contributed by atoms with Crippen molar-refractivity contribution >= 4 is 34.6 Å². The summed E-state index contributed by atoms with van der Waals surface area (Å²) < 4.78 is 33.8. The normalized spacial score (nSPS) is 35.5. The molecule has 8 atom stereocenters. The fourth-order valence-corrected chi connectivity index (χ4v) is 14.0. The van der Waals surface area contributed by atoms with E-state index in [4.69, 9.17) is 28.4 Å². The van der Waals surface area contributed by atoms with Crippen LogP contribution in [-0.4, -0.2) is 82.6 Å². The summed E-state index contributed by atoms with van der Waals surface area (Å²) in [4.78, 5) is 47.9. The largest absolute Gasteiger partial charge is 0.508 e. The third-order valence-electron chi connectivity index (χ3n) is 19.2. The van der Waals surface area contributed by atoms with E-state index in [-0.39, 0.29) is 54.4 Å². The quantitative estimate of drug-likeness (QED) is 0.111. The molecule has 3 heterocycles. The smallest absolute Gasteiger partial charge is 0.313 e. The zero-order valence-electron chi connectivity index (χ0n) is 45.5. The van der Waals surface area contributed by atoms with Crippen LogP contribution in [0.2, 0.25) is 0 Å². The molecule has 2 N–H and O–H groups in total. The minimum absolute atomic E-state index is 0.0828. The first kappa shape index (κ1) is 54.5. The van der Waals surface area contributed by atoms with Crippen LogP contribution in [0, 0.1) is 57.7 Å². The molecule has 72 heavy (non-hydrogen) atoms. The van der Waals surface area contributed by atoms with Gasteiger partial charge < -0.3 is 38.6 Å². The lowest BCUT2D eigenvalue weighted by atomic mass is 9.52. The van der Waals surface area contributed by atoms with Crippen LogP contribution in [0.15, 0.2) is 36.4 Å². The molecule has 11 aliphatic rings. The number of hydrogen-bond donors (Lipinski definition) is 2. The van der Waals surface area contributed by atoms with Crippen molar-refractivity contribution in [3.8, 4) is 5.75 Å². The fraction of sp³-hybridized carbons (Fsp3) is 0.767. The number of fused-ring (bicyclic) bond motifs is 2. The summed E-state index contributed by atoms with van der Waals surface area (Å²) in [5, 5.41) is 22.3. The number of aromatic hydroxyl groups is 1. The third-order valence-corrected chi connectivity index (χ3v) is 19.2. The summed E-state index contributed by atoms with van der Waals surface area (Å²) in [5.74, 6) is 4.60. The van der Waals surface area contributed by atoms with Gasteiger partial charge in [-0.05, 0) is 208 Å². The lowest BCUT2D eigenvalue weighted by Crippen LogP contribution is -2.61. The van der Waals surface area contributed by atoms with Crippen molar-refractivity contribution in [3.63, 3.8) is 0 Å². The van der Waals surface area contributed by atoms with Gasteiger partial charge in [-0.2, -0.15) is 0 Å². The third kappa shape index (κ3) is 11.6. The summed E-state index contributed by atoms with van der Waals surface area (Å²) >= 11 is 0. The maximum Gasteiger partial charge on any atom is 0.313 e. The van der Waals surface area contributed by atoms with E-state index in [0.29, 0.717) is 48.9 Å². The maximum atomic E-state index is 12.4. The Labute approximate surface area is 429 Å². The number of carbonyl (C=O) groups excluding carboxylic acids is 4. The van der Waals surface area contributed by atoms with Crippen LogP contribution in [0.4, 0.5) is 0 Å². The molecule has 11 fully saturated rings. The van der Waals surface area contributed by atoms with Gasteiger partial charge in [-0.25, -0.2) is 0 Å². The summed E-state index contributed by atoms with van der Waals surface area (Å²) in [5.41, 5.74) is -0.859. The second kappa shape index (κ2) is 21.1. The molecule has 10 bridgehead atoms. The van der Waals surface area contributed by atoms with Crippen LogP contribution in [0.1, 0.15) is 190 Å². The highest BCUT2D eigenvalue weighted by Gasteiger charge is 2.65. The van der Waals surface area contributed by atoms with E-state index in [2.05, 4.69) is 32.0 Å². The topological polar surface area (TPSA) is 164 Å². The number of carbonyl (C=O) groups is 4.